The van der Waals surface area contributed by atoms with E-state index in [9.17, 15) is 0 Å². The first kappa shape index (κ1) is 13.6. The number of rotatable bonds is 4. The average molecular weight is 249 g/mol. The molecule has 1 aliphatic carbocycles. The molecule has 1 saturated carbocycles. The molecule has 0 bridgehead atoms. The van der Waals surface area contributed by atoms with E-state index in [-0.39, 0.29) is 0 Å². The van der Waals surface area contributed by atoms with Crippen LogP contribution in [0.5, 0.6) is 0 Å². The Morgan fingerprint density at radius 3 is 2.78 bits per heavy atom. The van der Waals surface area contributed by atoms with Crippen molar-refractivity contribution in [2.45, 2.75) is 45.6 Å². The summed E-state index contributed by atoms with van der Waals surface area (Å²) in [6.45, 7) is 4.73. The molecule has 0 spiro atoms. The van der Waals surface area contributed by atoms with Crippen LogP contribution in [0.4, 0.5) is 0 Å². The van der Waals surface area contributed by atoms with Gasteiger partial charge in [0.15, 0.2) is 0 Å². The van der Waals surface area contributed by atoms with Gasteiger partial charge in [0.1, 0.15) is 0 Å². The van der Waals surface area contributed by atoms with Gasteiger partial charge in [-0.05, 0) is 56.0 Å². The maximum Gasteiger partial charge on any atom is 0.0521 e. The molecule has 1 aromatic heterocycles. The standard InChI is InChI=1S/C15H27N3/c1-11(2)13-5-6-15(16-3)14(8-13)7-12-9-17-18(4)10-12/h9-11,13-16H,5-8H2,1-4H3. The molecule has 3 atom stereocenters. The van der Waals surface area contributed by atoms with Gasteiger partial charge in [-0.15, -0.1) is 0 Å². The topological polar surface area (TPSA) is 29.9 Å². The monoisotopic (exact) mass is 249 g/mol. The summed E-state index contributed by atoms with van der Waals surface area (Å²) in [5, 5.41) is 7.80. The van der Waals surface area contributed by atoms with Crippen LogP contribution in [0, 0.1) is 17.8 Å². The van der Waals surface area contributed by atoms with Crippen LogP contribution >= 0.6 is 0 Å². The van der Waals surface area contributed by atoms with Crippen molar-refractivity contribution in [2.24, 2.45) is 24.8 Å². The van der Waals surface area contributed by atoms with Crippen molar-refractivity contribution in [3.05, 3.63) is 18.0 Å². The van der Waals surface area contributed by atoms with Gasteiger partial charge < -0.3 is 5.32 Å². The molecule has 102 valence electrons. The van der Waals surface area contributed by atoms with E-state index in [1.807, 2.05) is 17.9 Å². The smallest absolute Gasteiger partial charge is 0.0521 e. The van der Waals surface area contributed by atoms with Crippen LogP contribution in [-0.2, 0) is 13.5 Å². The molecule has 2 rings (SSSR count). The van der Waals surface area contributed by atoms with E-state index in [2.05, 4.69) is 37.5 Å². The Balaban J connectivity index is 2.02. The van der Waals surface area contributed by atoms with Crippen LogP contribution in [0.3, 0.4) is 0 Å². The van der Waals surface area contributed by atoms with Gasteiger partial charge in [-0.1, -0.05) is 13.8 Å². The first-order valence-electron chi connectivity index (χ1n) is 7.25. The van der Waals surface area contributed by atoms with Crippen molar-refractivity contribution in [3.8, 4) is 0 Å². The van der Waals surface area contributed by atoms with Crippen molar-refractivity contribution in [1.29, 1.82) is 0 Å². The summed E-state index contributed by atoms with van der Waals surface area (Å²) < 4.78 is 1.91. The molecule has 0 saturated heterocycles. The van der Waals surface area contributed by atoms with Gasteiger partial charge in [-0.25, -0.2) is 0 Å². The van der Waals surface area contributed by atoms with E-state index in [1.165, 1.54) is 31.2 Å². The number of nitrogens with zero attached hydrogens (tertiary/aromatic N) is 2. The maximum atomic E-state index is 4.28. The lowest BCUT2D eigenvalue weighted by atomic mass is 9.72. The Morgan fingerprint density at radius 1 is 1.44 bits per heavy atom. The lowest BCUT2D eigenvalue weighted by Gasteiger charge is -2.37. The molecule has 3 nitrogen and oxygen atoms in total. The molecule has 1 heterocycles. The maximum absolute atomic E-state index is 4.28. The normalized spacial score (nSPS) is 28.8. The minimum absolute atomic E-state index is 0.681. The summed E-state index contributed by atoms with van der Waals surface area (Å²) >= 11 is 0. The third-order valence-electron chi connectivity index (χ3n) is 4.59. The fourth-order valence-corrected chi connectivity index (χ4v) is 3.39. The lowest BCUT2D eigenvalue weighted by molar-refractivity contribution is 0.173. The van der Waals surface area contributed by atoms with Crippen LogP contribution in [0.2, 0.25) is 0 Å². The van der Waals surface area contributed by atoms with Crippen molar-refractivity contribution in [1.82, 2.24) is 15.1 Å². The second-order valence-electron chi connectivity index (χ2n) is 6.20. The van der Waals surface area contributed by atoms with Crippen molar-refractivity contribution in [3.63, 3.8) is 0 Å². The SMILES string of the molecule is CNC1CCC(C(C)C)CC1Cc1cnn(C)c1. The predicted octanol–water partition coefficient (Wildman–Crippen LogP) is 2.62. The molecule has 1 aromatic rings. The minimum atomic E-state index is 0.681. The first-order valence-corrected chi connectivity index (χ1v) is 7.25. The summed E-state index contributed by atoms with van der Waals surface area (Å²) in [7, 11) is 4.10. The second kappa shape index (κ2) is 5.87. The molecule has 0 radical (unpaired) electrons. The van der Waals surface area contributed by atoms with E-state index >= 15 is 0 Å². The number of aromatic nitrogens is 2. The zero-order chi connectivity index (χ0) is 13.1. The van der Waals surface area contributed by atoms with Gasteiger partial charge in [-0.2, -0.15) is 5.10 Å². The third kappa shape index (κ3) is 3.14. The van der Waals surface area contributed by atoms with Crippen molar-refractivity contribution < 1.29 is 0 Å². The molecule has 3 heteroatoms. The van der Waals surface area contributed by atoms with Crippen LogP contribution in [-0.4, -0.2) is 22.9 Å². The van der Waals surface area contributed by atoms with Gasteiger partial charge in [0.2, 0.25) is 0 Å². The van der Waals surface area contributed by atoms with E-state index in [0.717, 1.165) is 17.8 Å². The lowest BCUT2D eigenvalue weighted by Crippen LogP contribution is -2.40. The zero-order valence-corrected chi connectivity index (χ0v) is 12.2. The van der Waals surface area contributed by atoms with Crippen molar-refractivity contribution >= 4 is 0 Å². The Kier molecular flexibility index (Phi) is 4.44. The van der Waals surface area contributed by atoms with Gasteiger partial charge in [0, 0.05) is 19.3 Å². The molecule has 0 aliphatic heterocycles. The number of aryl methyl sites for hydroxylation is 1. The Labute approximate surface area is 111 Å². The average Bonchev–Trinajstić information content (AvgIpc) is 2.74. The Bertz CT molecular complexity index is 370. The van der Waals surface area contributed by atoms with Gasteiger partial charge in [0.05, 0.1) is 6.20 Å². The third-order valence-corrected chi connectivity index (χ3v) is 4.59. The minimum Gasteiger partial charge on any atom is -0.317 e. The van der Waals surface area contributed by atoms with E-state index in [4.69, 9.17) is 0 Å². The van der Waals surface area contributed by atoms with E-state index in [0.29, 0.717) is 6.04 Å². The van der Waals surface area contributed by atoms with Crippen LogP contribution < -0.4 is 5.32 Å². The van der Waals surface area contributed by atoms with Gasteiger partial charge in [-0.3, -0.25) is 4.68 Å². The summed E-state index contributed by atoms with van der Waals surface area (Å²) in [4.78, 5) is 0. The Morgan fingerprint density at radius 2 is 2.22 bits per heavy atom. The molecular weight excluding hydrogens is 222 g/mol. The molecule has 1 N–H and O–H groups in total. The molecular formula is C15H27N3. The van der Waals surface area contributed by atoms with Crippen molar-refractivity contribution in [2.75, 3.05) is 7.05 Å². The summed E-state index contributed by atoms with van der Waals surface area (Å²) in [5.41, 5.74) is 1.38. The largest absolute Gasteiger partial charge is 0.317 e. The van der Waals surface area contributed by atoms with Gasteiger partial charge in [0.25, 0.3) is 0 Å². The molecule has 0 aromatic carbocycles. The fraction of sp³-hybridized carbons (Fsp3) is 0.800. The molecule has 1 fully saturated rings. The highest BCUT2D eigenvalue weighted by molar-refractivity contribution is 5.06. The number of hydrogen-bond donors (Lipinski definition) is 1. The summed E-state index contributed by atoms with van der Waals surface area (Å²) in [6.07, 6.45) is 9.41. The van der Waals surface area contributed by atoms with Crippen LogP contribution in [0.25, 0.3) is 0 Å². The second-order valence-corrected chi connectivity index (χ2v) is 6.20. The fourth-order valence-electron chi connectivity index (χ4n) is 3.39. The number of hydrogen-bond acceptors (Lipinski definition) is 2. The predicted molar refractivity (Wildman–Crippen MR) is 75.4 cm³/mol. The van der Waals surface area contributed by atoms with Crippen LogP contribution in [0.15, 0.2) is 12.4 Å². The summed E-state index contributed by atoms with van der Waals surface area (Å²) in [6, 6.07) is 0.681. The molecule has 0 amide bonds. The Hall–Kier alpha value is -0.830. The van der Waals surface area contributed by atoms with Gasteiger partial charge >= 0.3 is 0 Å². The van der Waals surface area contributed by atoms with E-state index in [1.54, 1.807) is 0 Å². The highest BCUT2D eigenvalue weighted by atomic mass is 15.2. The molecule has 3 unspecified atom stereocenters. The first-order chi connectivity index (χ1) is 8.60. The summed E-state index contributed by atoms with van der Waals surface area (Å²) in [5.74, 6) is 2.48. The highest BCUT2D eigenvalue weighted by Gasteiger charge is 2.31. The molecule has 1 aliphatic rings. The highest BCUT2D eigenvalue weighted by Crippen LogP contribution is 2.35. The quantitative estimate of drug-likeness (QED) is 0.889. The number of nitrogens with one attached hydrogen (secondary N) is 1. The zero-order valence-electron chi connectivity index (χ0n) is 12.2. The van der Waals surface area contributed by atoms with E-state index < -0.39 is 0 Å². The van der Waals surface area contributed by atoms with Crippen LogP contribution in [0.1, 0.15) is 38.7 Å². The molecule has 18 heavy (non-hydrogen) atoms.